The third-order valence-electron chi connectivity index (χ3n) is 19.8. The van der Waals surface area contributed by atoms with Gasteiger partial charge in [-0.3, -0.25) is 0 Å². The topological polar surface area (TPSA) is 65.7 Å². The number of para-hydroxylation sites is 5. The molecule has 0 unspecified atom stereocenters. The van der Waals surface area contributed by atoms with Crippen molar-refractivity contribution in [3.8, 4) is 0 Å². The summed E-state index contributed by atoms with van der Waals surface area (Å²) in [7, 11) is 0. The maximum Gasteiger partial charge on any atom is 0.139 e. The minimum atomic E-state index is -2.17. The van der Waals surface area contributed by atoms with Gasteiger partial charge in [-0.05, 0) is 195 Å². The summed E-state index contributed by atoms with van der Waals surface area (Å²) in [5.74, 6) is 0. The van der Waals surface area contributed by atoms with Gasteiger partial charge < -0.3 is 22.1 Å². The van der Waals surface area contributed by atoms with Crippen molar-refractivity contribution in [1.29, 1.82) is 0 Å². The number of furan rings is 5. The fourth-order valence-electron chi connectivity index (χ4n) is 14.7. The normalized spacial score (nSPS) is 14.3. The van der Waals surface area contributed by atoms with Crippen LogP contribution < -0.4 is 0 Å². The van der Waals surface area contributed by atoms with Crippen LogP contribution in [0.2, 0.25) is 0 Å². The zero-order chi connectivity index (χ0) is 89.1. The molecule has 0 spiro atoms. The molecule has 0 amide bonds. The lowest BCUT2D eigenvalue weighted by Gasteiger charge is -2.22. The summed E-state index contributed by atoms with van der Waals surface area (Å²) < 4.78 is 150. The monoisotopic (exact) mass is 1540 g/mol. The molecule has 0 N–H and O–H groups in total. The lowest BCUT2D eigenvalue weighted by atomic mass is 9.81. The molecule has 0 radical (unpaired) electrons. The first-order valence-corrected chi connectivity index (χ1v) is 37.5. The lowest BCUT2D eigenvalue weighted by molar-refractivity contribution is 0.569. The Morgan fingerprint density at radius 1 is 0.239 bits per heavy atom. The van der Waals surface area contributed by atoms with Gasteiger partial charge in [0.1, 0.15) is 55.8 Å². The molecule has 6 heterocycles. The van der Waals surface area contributed by atoms with Gasteiger partial charge in [0, 0.05) is 100 Å². The third-order valence-corrected chi connectivity index (χ3v) is 21.0. The molecule has 0 saturated heterocycles. The molecule has 6 heteroatoms. The van der Waals surface area contributed by atoms with Crippen LogP contribution >= 0.6 is 11.3 Å². The van der Waals surface area contributed by atoms with Crippen LogP contribution in [0.5, 0.6) is 0 Å². The highest BCUT2D eigenvalue weighted by Gasteiger charge is 2.27. The number of aryl methyl sites for hydroxylation is 5. The average molecular weight is 1540 g/mol. The van der Waals surface area contributed by atoms with E-state index < -0.39 is 34.3 Å². The minimum absolute atomic E-state index is 0. The van der Waals surface area contributed by atoms with E-state index in [1.807, 2.05) is 267 Å². The van der Waals surface area contributed by atoms with Crippen LogP contribution in [-0.2, 0) is 32.5 Å². The molecule has 0 aliphatic rings. The molecular weight excluding hydrogens is 1400 g/mol. The van der Waals surface area contributed by atoms with E-state index in [-0.39, 0.29) is 77.0 Å². The molecule has 18 aromatic rings. The van der Waals surface area contributed by atoms with Gasteiger partial charge in [0.25, 0.3) is 0 Å². The van der Waals surface area contributed by atoms with Gasteiger partial charge in [-0.25, -0.2) is 0 Å². The van der Waals surface area contributed by atoms with Gasteiger partial charge in [0.05, 0.1) is 0 Å². The van der Waals surface area contributed by atoms with Crippen molar-refractivity contribution < 1.29 is 42.6 Å². The summed E-state index contributed by atoms with van der Waals surface area (Å²) in [4.78, 5) is 0. The molecule has 0 aliphatic heterocycles. The molecule has 0 bridgehead atoms. The Hall–Kier alpha value is -10.1. The molecule has 18 rings (SSSR count). The summed E-state index contributed by atoms with van der Waals surface area (Å²) >= 11 is 1.92. The van der Waals surface area contributed by atoms with E-state index in [1.165, 1.54) is 25.7 Å². The van der Waals surface area contributed by atoms with Gasteiger partial charge in [0.15, 0.2) is 0 Å². The average Bonchev–Trinajstić information content (AvgIpc) is 1.65. The summed E-state index contributed by atoms with van der Waals surface area (Å²) in [6, 6.07) is 72.1. The number of benzene rings is 12. The van der Waals surface area contributed by atoms with E-state index in [0.717, 1.165) is 121 Å². The molecule has 6 aromatic heterocycles. The largest absolute Gasteiger partial charge is 0.456 e. The van der Waals surface area contributed by atoms with E-state index in [1.54, 1.807) is 30.3 Å². The second kappa shape index (κ2) is 34.3. The Labute approximate surface area is 701 Å². The maximum atomic E-state index is 7.98. The number of hydrogen-bond donors (Lipinski definition) is 0. The third kappa shape index (κ3) is 18.1. The predicted octanol–water partition coefficient (Wildman–Crippen LogP) is 35.1. The Kier molecular flexibility index (Phi) is 21.1. The number of fused-ring (bicyclic) bond motifs is 18. The van der Waals surface area contributed by atoms with Crippen molar-refractivity contribution in [3.63, 3.8) is 0 Å². The fourth-order valence-corrected chi connectivity index (χ4v) is 16.1. The summed E-state index contributed by atoms with van der Waals surface area (Å²) in [6.07, 6.45) is 0. The molecule has 0 atom stereocenters. The van der Waals surface area contributed by atoms with Crippen LogP contribution in [0, 0.1) is 34.3 Å². The zero-order valence-electron chi connectivity index (χ0n) is 79.8. The van der Waals surface area contributed by atoms with Crippen LogP contribution in [0.4, 0.5) is 0 Å². The lowest BCUT2D eigenvalue weighted by Crippen LogP contribution is -2.13. The quantitative estimate of drug-likeness (QED) is 0.151. The molecule has 12 aromatic carbocycles. The zero-order valence-corrected chi connectivity index (χ0v) is 65.6. The van der Waals surface area contributed by atoms with Crippen molar-refractivity contribution in [2.24, 2.45) is 0 Å². The summed E-state index contributed by atoms with van der Waals surface area (Å²) in [6.45, 7) is 26.6. The molecule has 0 saturated carbocycles. The predicted molar refractivity (Wildman–Crippen MR) is 504 cm³/mol. The van der Waals surface area contributed by atoms with Gasteiger partial charge in [-0.1, -0.05) is 321 Å². The van der Waals surface area contributed by atoms with E-state index in [2.05, 4.69) is 63.2 Å². The van der Waals surface area contributed by atoms with Crippen molar-refractivity contribution >= 4 is 141 Å². The smallest absolute Gasteiger partial charge is 0.139 e. The van der Waals surface area contributed by atoms with Crippen molar-refractivity contribution in [3.05, 3.63) is 286 Å². The van der Waals surface area contributed by atoms with E-state index >= 15 is 0 Å². The van der Waals surface area contributed by atoms with E-state index in [4.69, 9.17) is 42.6 Å². The van der Waals surface area contributed by atoms with Crippen LogP contribution in [0.15, 0.2) is 247 Å². The Balaban J connectivity index is 0.000000209. The first-order valence-electron chi connectivity index (χ1n) is 44.2. The highest BCUT2D eigenvalue weighted by atomic mass is 32.1. The van der Waals surface area contributed by atoms with Crippen molar-refractivity contribution in [1.82, 2.24) is 0 Å². The SMILES string of the molecule is C.C.C.C.C.C.CC(C)(C)c1cccc2c1sc1ccccc12.[2H]C([2H])([2H])c1c(C(C)(C)C)ccc2oc3ccccc3c12.[2H]C([2H])([2H])c1cc2c(cc1C(C)(C)C)oc1ccccc12.[2H]C([2H])([2H])c1cc2oc3ccccc3c2cc1C(C)(C)C.[2H]C([2H])([2H])c1ccc2c(oc3ccccc32)c1C(C)(C)C.[2H]C([2H])([2H])c1ccc2oc3ccccc3c2c1C(C)(C)C. The molecular formula is C107H130O5S. The molecule has 0 fully saturated rings. The van der Waals surface area contributed by atoms with Crippen molar-refractivity contribution in [2.45, 2.75) is 236 Å². The first-order chi connectivity index (χ1) is 56.5. The van der Waals surface area contributed by atoms with E-state index in [0.29, 0.717) is 44.6 Å². The van der Waals surface area contributed by atoms with Crippen LogP contribution in [0.25, 0.3) is 130 Å². The maximum absolute atomic E-state index is 7.98. The highest BCUT2D eigenvalue weighted by Crippen LogP contribution is 2.44. The van der Waals surface area contributed by atoms with Crippen molar-refractivity contribution in [2.75, 3.05) is 0 Å². The molecule has 113 heavy (non-hydrogen) atoms. The molecule has 0 aliphatic carbocycles. The van der Waals surface area contributed by atoms with Gasteiger partial charge in [-0.15, -0.1) is 11.3 Å². The van der Waals surface area contributed by atoms with Crippen LogP contribution in [0.1, 0.15) is 251 Å². The molecule has 5 nitrogen and oxygen atoms in total. The summed E-state index contributed by atoms with van der Waals surface area (Å²) in [5, 5.41) is 12.1. The van der Waals surface area contributed by atoms with Gasteiger partial charge in [-0.2, -0.15) is 0 Å². The highest BCUT2D eigenvalue weighted by molar-refractivity contribution is 7.26. The van der Waals surface area contributed by atoms with Gasteiger partial charge >= 0.3 is 0 Å². The first kappa shape index (κ1) is 69.6. The fraction of sp³-hybridized carbons (Fsp3) is 0.327. The number of thiophene rings is 1. The van der Waals surface area contributed by atoms with Crippen LogP contribution in [0.3, 0.4) is 0 Å². The Bertz CT molecular complexity index is 6590. The minimum Gasteiger partial charge on any atom is -0.456 e. The summed E-state index contributed by atoms with van der Waals surface area (Å²) in [5.41, 5.74) is 13.8. The standard InChI is InChI=1S/5C17H18O.C16H16S.6CH4/c1-11-9-16-13(10-14(11)17(2,3)4)12-7-5-6-8-15(12)18-16;1-11-9-13-12-7-5-6-8-15(12)18-16(13)10-14(11)17(2,3)4;1-11-13(17(2,3)4)9-10-15-16(11)12-7-5-6-8-14(12)18-15;1-11-9-10-13-12-7-5-6-8-14(12)18-16(13)15(11)17(2,3)4;1-11-9-10-14-15(16(11)17(2,3)4)12-7-5-6-8-13(12)18-14;1-16(2,3)13-9-6-8-12-11-7-4-5-10-14(11)17-15(12)13;;;;;;/h5*5-10H,1-4H3;4-10H,1-3H3;6*1H4/i5*1D3;;;;;;;. The second-order valence-electron chi connectivity index (χ2n) is 34.1. The number of rotatable bonds is 0. The second-order valence-corrected chi connectivity index (χ2v) is 35.2. The number of hydrogen-bond acceptors (Lipinski definition) is 6. The Morgan fingerprint density at radius 3 is 1.12 bits per heavy atom. The van der Waals surface area contributed by atoms with E-state index in [9.17, 15) is 0 Å². The Morgan fingerprint density at radius 2 is 0.619 bits per heavy atom. The van der Waals surface area contributed by atoms with Crippen LogP contribution in [-0.4, -0.2) is 0 Å². The molecule has 594 valence electrons. The van der Waals surface area contributed by atoms with Gasteiger partial charge in [0.2, 0.25) is 0 Å².